The molecular formula is C48H62Cl4N4O10P2S2. The van der Waals surface area contributed by atoms with Crippen LogP contribution in [0.2, 0.25) is 20.1 Å². The van der Waals surface area contributed by atoms with Gasteiger partial charge in [-0.2, -0.15) is 0 Å². The minimum Gasteiger partial charge on any atom is -0.455 e. The first kappa shape index (κ1) is 58.4. The van der Waals surface area contributed by atoms with E-state index < -0.39 is 38.0 Å². The van der Waals surface area contributed by atoms with Crippen LogP contribution in [-0.4, -0.2) is 54.0 Å². The van der Waals surface area contributed by atoms with Gasteiger partial charge in [0.15, 0.2) is 10.3 Å². The molecule has 0 atom stereocenters. The van der Waals surface area contributed by atoms with Crippen LogP contribution < -0.4 is 9.47 Å². The van der Waals surface area contributed by atoms with Gasteiger partial charge < -0.3 is 9.47 Å². The van der Waals surface area contributed by atoms with Gasteiger partial charge in [-0.25, -0.2) is 19.1 Å². The van der Waals surface area contributed by atoms with Crippen molar-refractivity contribution in [1.29, 1.82) is 0 Å². The predicted molar refractivity (Wildman–Crippen MR) is 286 cm³/mol. The van der Waals surface area contributed by atoms with Crippen molar-refractivity contribution in [3.63, 3.8) is 0 Å². The van der Waals surface area contributed by atoms with Gasteiger partial charge in [-0.1, -0.05) is 88.1 Å². The topological polar surface area (TPSA) is 144 Å². The van der Waals surface area contributed by atoms with E-state index in [0.29, 0.717) is 64.7 Å². The van der Waals surface area contributed by atoms with Crippen molar-refractivity contribution in [2.45, 2.75) is 143 Å². The molecule has 0 N–H and O–H groups in total. The molecule has 14 nitrogen and oxygen atoms in total. The van der Waals surface area contributed by atoms with E-state index in [9.17, 15) is 9.13 Å². The Bertz CT molecular complexity index is 2880. The highest BCUT2D eigenvalue weighted by molar-refractivity contribution is 7.98. The van der Waals surface area contributed by atoms with Crippen LogP contribution in [0.1, 0.15) is 94.2 Å². The lowest BCUT2D eigenvalue weighted by Gasteiger charge is -2.31. The zero-order chi connectivity index (χ0) is 52.4. The highest BCUT2D eigenvalue weighted by Gasteiger charge is 2.39. The molecule has 0 unspecified atom stereocenters. The third-order valence-electron chi connectivity index (χ3n) is 9.04. The zero-order valence-corrected chi connectivity index (χ0v) is 48.7. The van der Waals surface area contributed by atoms with Crippen LogP contribution in [0.15, 0.2) is 71.0 Å². The molecule has 0 bridgehead atoms. The van der Waals surface area contributed by atoms with Crippen LogP contribution in [0, 0.1) is 13.8 Å². The molecule has 384 valence electrons. The number of hydrogen-bond donors (Lipinski definition) is 0. The fourth-order valence-electron chi connectivity index (χ4n) is 6.30. The average molecular weight is 1120 g/mol. The summed E-state index contributed by atoms with van der Waals surface area (Å²) in [4.78, 5) is 9.31. The quantitative estimate of drug-likeness (QED) is 0.0669. The number of rotatable bonds is 16. The SMILES string of the molecule is CSc1nc2cc(Cl)c(Oc3cccc(Cl)c3Cl)cc2n1COP(=O)(OC(C)(C)C)OC(C)(C)C.CSc1nc2cc(Oc3cccc(C)c3C)c(Cl)cc2n1COP(=O)(OC(C)(C)C)OC(C)(C)C. The maximum atomic E-state index is 13.5. The number of thioether (sulfide) groups is 2. The first-order valence-electron chi connectivity index (χ1n) is 21.9. The summed E-state index contributed by atoms with van der Waals surface area (Å²) in [5, 5.41) is 2.67. The van der Waals surface area contributed by atoms with Crippen LogP contribution in [-0.2, 0) is 49.7 Å². The minimum absolute atomic E-state index is 0.0936. The number of ether oxygens (including phenoxy) is 2. The van der Waals surface area contributed by atoms with Crippen molar-refractivity contribution in [1.82, 2.24) is 19.1 Å². The molecule has 0 aliphatic heterocycles. The van der Waals surface area contributed by atoms with E-state index in [2.05, 4.69) is 4.98 Å². The molecule has 70 heavy (non-hydrogen) atoms. The van der Waals surface area contributed by atoms with Crippen LogP contribution >= 0.6 is 85.6 Å². The lowest BCUT2D eigenvalue weighted by atomic mass is 10.1. The molecule has 0 spiro atoms. The van der Waals surface area contributed by atoms with Gasteiger partial charge in [-0.3, -0.25) is 36.3 Å². The van der Waals surface area contributed by atoms with Gasteiger partial charge in [0.25, 0.3) is 0 Å². The summed E-state index contributed by atoms with van der Waals surface area (Å²) in [5.41, 5.74) is 1.83. The molecule has 4 aromatic carbocycles. The van der Waals surface area contributed by atoms with Crippen LogP contribution in [0.5, 0.6) is 23.0 Å². The minimum atomic E-state index is -3.95. The molecule has 0 aliphatic rings. The second-order valence-corrected chi connectivity index (χ2v) is 26.0. The molecular weight excluding hydrogens is 1060 g/mol. The first-order valence-corrected chi connectivity index (χ1v) is 28.8. The normalized spacial score (nSPS) is 13.0. The van der Waals surface area contributed by atoms with Crippen LogP contribution in [0.3, 0.4) is 0 Å². The highest BCUT2D eigenvalue weighted by Crippen LogP contribution is 2.57. The Labute approximate surface area is 440 Å². The van der Waals surface area contributed by atoms with Crippen LogP contribution in [0.25, 0.3) is 22.1 Å². The molecule has 2 aromatic heterocycles. The Kier molecular flexibility index (Phi) is 19.1. The predicted octanol–water partition coefficient (Wildman–Crippen LogP) is 17.8. The largest absolute Gasteiger partial charge is 0.477 e. The van der Waals surface area contributed by atoms with E-state index in [1.165, 1.54) is 23.5 Å². The summed E-state index contributed by atoms with van der Waals surface area (Å²) < 4.78 is 77.2. The van der Waals surface area contributed by atoms with Gasteiger partial charge in [-0.15, -0.1) is 0 Å². The number of imidazole rings is 2. The molecule has 0 aliphatic carbocycles. The molecule has 22 heteroatoms. The zero-order valence-electron chi connectivity index (χ0n) is 42.3. The lowest BCUT2D eigenvalue weighted by Crippen LogP contribution is -2.25. The molecule has 0 amide bonds. The van der Waals surface area contributed by atoms with E-state index in [0.717, 1.165) is 16.9 Å². The molecule has 2 heterocycles. The van der Waals surface area contributed by atoms with Crippen molar-refractivity contribution in [3.8, 4) is 23.0 Å². The number of aryl methyl sites for hydroxylation is 1. The maximum Gasteiger partial charge on any atom is 0.477 e. The number of benzene rings is 4. The van der Waals surface area contributed by atoms with E-state index in [4.69, 9.17) is 88.0 Å². The Balaban J connectivity index is 0.000000261. The standard InChI is InChI=1S/C25H34ClN2O5PS.C23H28Cl3N2O5PS/c1-16-11-10-12-21(17(16)2)31-22-14-19-20(13-18(22)26)28(23(27-19)35-9)15-30-34(29,32-24(3,4)5)33-25(6,7)8;1-22(2,3)32-34(29,33-23(4,5)6)30-13-28-17-12-19(15(25)11-16(17)27-21(28)35-7)31-18-10-8-9-14(24)20(18)26/h10-14H,15H2,1-9H3;8-12H,13H2,1-7H3. The Hall–Kier alpha value is -2.50. The monoisotopic (exact) mass is 1120 g/mol. The Morgan fingerprint density at radius 3 is 1.40 bits per heavy atom. The molecule has 6 aromatic rings. The smallest absolute Gasteiger partial charge is 0.455 e. The Morgan fingerprint density at radius 2 is 0.929 bits per heavy atom. The number of aromatic nitrogens is 4. The van der Waals surface area contributed by atoms with Crippen molar-refractivity contribution in [2.24, 2.45) is 0 Å². The summed E-state index contributed by atoms with van der Waals surface area (Å²) in [5.74, 6) is 1.94. The first-order chi connectivity index (χ1) is 32.2. The van der Waals surface area contributed by atoms with Crippen molar-refractivity contribution in [2.75, 3.05) is 12.5 Å². The number of phosphoric ester groups is 2. The van der Waals surface area contributed by atoms with E-state index in [-0.39, 0.29) is 18.5 Å². The Morgan fingerprint density at radius 1 is 0.529 bits per heavy atom. The third-order valence-corrected chi connectivity index (χ3v) is 15.7. The molecule has 0 radical (unpaired) electrons. The van der Waals surface area contributed by atoms with Gasteiger partial charge >= 0.3 is 15.6 Å². The van der Waals surface area contributed by atoms with E-state index in [1.54, 1.807) is 135 Å². The van der Waals surface area contributed by atoms with Gasteiger partial charge in [-0.05, 0) is 151 Å². The number of phosphoric acid groups is 2. The fraction of sp³-hybridized carbons (Fsp3) is 0.458. The van der Waals surface area contributed by atoms with Crippen molar-refractivity contribution < 1.29 is 45.7 Å². The summed E-state index contributed by atoms with van der Waals surface area (Å²) in [6.07, 6.45) is 3.78. The summed E-state index contributed by atoms with van der Waals surface area (Å²) in [7, 11) is -7.85. The summed E-state index contributed by atoms with van der Waals surface area (Å²) >= 11 is 28.3. The fourth-order valence-corrected chi connectivity index (χ4v) is 11.6. The van der Waals surface area contributed by atoms with Gasteiger partial charge in [0, 0.05) is 12.1 Å². The highest BCUT2D eigenvalue weighted by atomic mass is 35.5. The molecule has 0 fully saturated rings. The van der Waals surface area contributed by atoms with E-state index in [1.807, 2.05) is 44.6 Å². The van der Waals surface area contributed by atoms with Gasteiger partial charge in [0.05, 0.1) is 59.5 Å². The van der Waals surface area contributed by atoms with Gasteiger partial charge in [0.2, 0.25) is 0 Å². The van der Waals surface area contributed by atoms with E-state index >= 15 is 0 Å². The molecule has 6 rings (SSSR count). The second kappa shape index (κ2) is 22.9. The number of hydrogen-bond acceptors (Lipinski definition) is 14. The lowest BCUT2D eigenvalue weighted by molar-refractivity contribution is -0.00827. The second-order valence-electron chi connectivity index (χ2n) is 19.8. The molecule has 0 saturated carbocycles. The number of halogens is 4. The average Bonchev–Trinajstić information content (AvgIpc) is 3.73. The van der Waals surface area contributed by atoms with Gasteiger partial charge in [0.1, 0.15) is 41.5 Å². The summed E-state index contributed by atoms with van der Waals surface area (Å²) in [6, 6.07) is 17.9. The van der Waals surface area contributed by atoms with Crippen molar-refractivity contribution >= 4 is 108 Å². The number of fused-ring (bicyclic) bond motifs is 2. The summed E-state index contributed by atoms with van der Waals surface area (Å²) in [6.45, 7) is 25.3. The molecule has 0 saturated heterocycles. The number of nitrogens with zero attached hydrogens (tertiary/aromatic N) is 4. The van der Waals surface area contributed by atoms with Crippen molar-refractivity contribution in [3.05, 3.63) is 91.9 Å². The van der Waals surface area contributed by atoms with Crippen LogP contribution in [0.4, 0.5) is 0 Å². The maximum absolute atomic E-state index is 13.5. The third kappa shape index (κ3) is 16.2.